The molecule has 17 heavy (non-hydrogen) atoms. The molecule has 0 saturated carbocycles. The molecule has 0 aliphatic rings. The third-order valence-corrected chi connectivity index (χ3v) is 1.52. The highest BCUT2D eigenvalue weighted by molar-refractivity contribution is 5.47. The molecule has 0 spiro atoms. The van der Waals surface area contributed by atoms with E-state index in [9.17, 15) is 22.0 Å². The van der Waals surface area contributed by atoms with Gasteiger partial charge in [0.15, 0.2) is 0 Å². The van der Waals surface area contributed by atoms with E-state index in [1.165, 1.54) is 6.07 Å². The summed E-state index contributed by atoms with van der Waals surface area (Å²) < 4.78 is 66.7. The first-order valence-corrected chi connectivity index (χ1v) is 4.06. The minimum atomic E-state index is -4.92. The van der Waals surface area contributed by atoms with Crippen molar-refractivity contribution in [3.05, 3.63) is 23.8 Å². The van der Waals surface area contributed by atoms with Crippen LogP contribution in [0.5, 0.6) is 11.5 Å². The number of hydrogen-bond acceptors (Lipinski definition) is 3. The number of nitrogens with zero attached hydrogens (tertiary/aromatic N) is 1. The monoisotopic (exact) mass is 253 g/mol. The zero-order valence-electron chi connectivity index (χ0n) is 7.96. The normalized spacial score (nSPS) is 11.1. The first-order valence-electron chi connectivity index (χ1n) is 4.06. The number of ether oxygens (including phenoxy) is 2. The Kier molecular flexibility index (Phi) is 3.73. The molecule has 92 valence electrons. The second-order valence-electron chi connectivity index (χ2n) is 2.70. The first-order chi connectivity index (χ1) is 7.81. The highest BCUT2D eigenvalue weighted by atomic mass is 19.4. The molecule has 1 aromatic rings. The highest BCUT2D eigenvalue weighted by Crippen LogP contribution is 2.28. The van der Waals surface area contributed by atoms with Gasteiger partial charge in [0.25, 0.3) is 0 Å². The second-order valence-corrected chi connectivity index (χ2v) is 2.70. The molecule has 0 saturated heterocycles. The summed E-state index contributed by atoms with van der Waals surface area (Å²) in [5.41, 5.74) is -0.480. The van der Waals surface area contributed by atoms with Crippen LogP contribution in [0.2, 0.25) is 0 Å². The number of halogens is 5. The Labute approximate surface area is 92.0 Å². The lowest BCUT2D eigenvalue weighted by Crippen LogP contribution is -2.17. The minimum Gasteiger partial charge on any atom is -0.433 e. The molecular formula is C9H4F5NO2. The van der Waals surface area contributed by atoms with Crippen LogP contribution in [0.4, 0.5) is 22.0 Å². The smallest absolute Gasteiger partial charge is 0.433 e. The second kappa shape index (κ2) is 4.86. The van der Waals surface area contributed by atoms with Crippen LogP contribution in [-0.4, -0.2) is 13.0 Å². The van der Waals surface area contributed by atoms with Crippen molar-refractivity contribution >= 4 is 0 Å². The lowest BCUT2D eigenvalue weighted by Gasteiger charge is -2.11. The number of hydrogen-bond donors (Lipinski definition) is 0. The largest absolute Gasteiger partial charge is 0.573 e. The van der Waals surface area contributed by atoms with Crippen LogP contribution in [0.25, 0.3) is 0 Å². The number of nitriles is 1. The Morgan fingerprint density at radius 2 is 1.88 bits per heavy atom. The van der Waals surface area contributed by atoms with E-state index in [0.29, 0.717) is 6.07 Å². The van der Waals surface area contributed by atoms with Crippen LogP contribution in [0.15, 0.2) is 18.2 Å². The fourth-order valence-corrected chi connectivity index (χ4v) is 0.992. The van der Waals surface area contributed by atoms with Crippen molar-refractivity contribution in [2.45, 2.75) is 13.0 Å². The minimum absolute atomic E-state index is 0.480. The van der Waals surface area contributed by atoms with Crippen LogP contribution in [-0.2, 0) is 0 Å². The van der Waals surface area contributed by atoms with Crippen LogP contribution in [0.1, 0.15) is 5.56 Å². The predicted octanol–water partition coefficient (Wildman–Crippen LogP) is 3.06. The van der Waals surface area contributed by atoms with Gasteiger partial charge in [0.2, 0.25) is 0 Å². The maximum Gasteiger partial charge on any atom is 0.573 e. The average Bonchev–Trinajstić information content (AvgIpc) is 2.17. The summed E-state index contributed by atoms with van der Waals surface area (Å²) in [6, 6.07) is 3.65. The molecule has 0 aliphatic carbocycles. The third kappa shape index (κ3) is 4.14. The fourth-order valence-electron chi connectivity index (χ4n) is 0.992. The van der Waals surface area contributed by atoms with E-state index in [0.717, 1.165) is 12.1 Å². The molecule has 0 amide bonds. The van der Waals surface area contributed by atoms with Gasteiger partial charge in [-0.1, -0.05) is 0 Å². The number of benzene rings is 1. The molecule has 8 heteroatoms. The standard InChI is InChI=1S/C9H4F5NO2/c10-8(11)16-7-2-1-6(3-5(7)4-15)17-9(12,13)14/h1-3,8H. The van der Waals surface area contributed by atoms with E-state index in [1.807, 2.05) is 0 Å². The van der Waals surface area contributed by atoms with Crippen molar-refractivity contribution in [2.24, 2.45) is 0 Å². The summed E-state index contributed by atoms with van der Waals surface area (Å²) in [5, 5.41) is 8.54. The van der Waals surface area contributed by atoms with Crippen molar-refractivity contribution in [2.75, 3.05) is 0 Å². The molecule has 0 heterocycles. The predicted molar refractivity (Wildman–Crippen MR) is 44.5 cm³/mol. The van der Waals surface area contributed by atoms with Gasteiger partial charge in [-0.05, 0) is 12.1 Å². The van der Waals surface area contributed by atoms with E-state index in [4.69, 9.17) is 5.26 Å². The Morgan fingerprint density at radius 3 is 2.35 bits per heavy atom. The average molecular weight is 253 g/mol. The van der Waals surface area contributed by atoms with E-state index < -0.39 is 30.0 Å². The molecule has 1 rings (SSSR count). The molecule has 3 nitrogen and oxygen atoms in total. The van der Waals surface area contributed by atoms with Crippen molar-refractivity contribution in [3.8, 4) is 17.6 Å². The maximum absolute atomic E-state index is 11.9. The van der Waals surface area contributed by atoms with Crippen molar-refractivity contribution < 1.29 is 31.4 Å². The molecule has 0 N–H and O–H groups in total. The van der Waals surface area contributed by atoms with Crippen molar-refractivity contribution in [1.82, 2.24) is 0 Å². The van der Waals surface area contributed by atoms with Crippen LogP contribution >= 0.6 is 0 Å². The Bertz CT molecular complexity index is 438. The SMILES string of the molecule is N#Cc1cc(OC(F)(F)F)ccc1OC(F)F. The molecule has 0 fully saturated rings. The molecule has 0 radical (unpaired) electrons. The van der Waals surface area contributed by atoms with Gasteiger partial charge in [0.05, 0.1) is 5.56 Å². The van der Waals surface area contributed by atoms with Gasteiger partial charge in [0, 0.05) is 6.07 Å². The maximum atomic E-state index is 11.9. The van der Waals surface area contributed by atoms with E-state index in [1.54, 1.807) is 0 Å². The quantitative estimate of drug-likeness (QED) is 0.777. The van der Waals surface area contributed by atoms with Gasteiger partial charge in [0.1, 0.15) is 17.6 Å². The molecule has 0 atom stereocenters. The van der Waals surface area contributed by atoms with Gasteiger partial charge >= 0.3 is 13.0 Å². The summed E-state index contributed by atoms with van der Waals surface area (Å²) in [4.78, 5) is 0. The summed E-state index contributed by atoms with van der Waals surface area (Å²) in [6.07, 6.45) is -4.92. The fraction of sp³-hybridized carbons (Fsp3) is 0.222. The number of rotatable bonds is 3. The third-order valence-electron chi connectivity index (χ3n) is 1.52. The molecule has 0 unspecified atom stereocenters. The zero-order chi connectivity index (χ0) is 13.1. The topological polar surface area (TPSA) is 42.2 Å². The van der Waals surface area contributed by atoms with E-state index in [2.05, 4.69) is 9.47 Å². The van der Waals surface area contributed by atoms with Gasteiger partial charge in [-0.2, -0.15) is 14.0 Å². The van der Waals surface area contributed by atoms with Crippen LogP contribution in [0.3, 0.4) is 0 Å². The molecule has 0 aromatic heterocycles. The lowest BCUT2D eigenvalue weighted by molar-refractivity contribution is -0.274. The van der Waals surface area contributed by atoms with Gasteiger partial charge < -0.3 is 9.47 Å². The Morgan fingerprint density at radius 1 is 1.24 bits per heavy atom. The summed E-state index contributed by atoms with van der Waals surface area (Å²) in [6.45, 7) is -3.17. The number of alkyl halides is 5. The first kappa shape index (κ1) is 13.0. The van der Waals surface area contributed by atoms with Crippen molar-refractivity contribution in [3.63, 3.8) is 0 Å². The van der Waals surface area contributed by atoms with E-state index >= 15 is 0 Å². The summed E-state index contributed by atoms with van der Waals surface area (Å²) >= 11 is 0. The molecule has 1 aromatic carbocycles. The van der Waals surface area contributed by atoms with Crippen molar-refractivity contribution in [1.29, 1.82) is 5.26 Å². The van der Waals surface area contributed by atoms with Crippen LogP contribution in [0, 0.1) is 11.3 Å². The van der Waals surface area contributed by atoms with Gasteiger partial charge in [-0.15, -0.1) is 13.2 Å². The summed E-state index contributed by atoms with van der Waals surface area (Å²) in [7, 11) is 0. The molecule has 0 bridgehead atoms. The van der Waals surface area contributed by atoms with Gasteiger partial charge in [-0.25, -0.2) is 0 Å². The van der Waals surface area contributed by atoms with E-state index in [-0.39, 0.29) is 0 Å². The lowest BCUT2D eigenvalue weighted by atomic mass is 10.2. The molecular weight excluding hydrogens is 249 g/mol. The molecule has 0 aliphatic heterocycles. The highest BCUT2D eigenvalue weighted by Gasteiger charge is 2.31. The Balaban J connectivity index is 2.97. The van der Waals surface area contributed by atoms with Gasteiger partial charge in [-0.3, -0.25) is 0 Å². The Hall–Kier alpha value is -2.04. The van der Waals surface area contributed by atoms with Crippen LogP contribution < -0.4 is 9.47 Å². The zero-order valence-corrected chi connectivity index (χ0v) is 7.96. The summed E-state index contributed by atoms with van der Waals surface area (Å²) in [5.74, 6) is -1.20.